The summed E-state index contributed by atoms with van der Waals surface area (Å²) in [6, 6.07) is 8.46. The second-order valence-corrected chi connectivity index (χ2v) is 5.39. The topological polar surface area (TPSA) is 97.4 Å². The molecule has 2 rings (SSSR count). The fourth-order valence-electron chi connectivity index (χ4n) is 2.50. The van der Waals surface area contributed by atoms with E-state index in [0.717, 1.165) is 0 Å². The first-order valence-corrected chi connectivity index (χ1v) is 7.67. The second-order valence-electron chi connectivity index (χ2n) is 5.39. The van der Waals surface area contributed by atoms with Crippen molar-refractivity contribution in [3.63, 3.8) is 0 Å². The van der Waals surface area contributed by atoms with Crippen LogP contribution in [-0.2, 0) is 33.3 Å². The van der Waals surface area contributed by atoms with Gasteiger partial charge in [-0.15, -0.1) is 0 Å². The van der Waals surface area contributed by atoms with E-state index in [1.54, 1.807) is 30.3 Å². The number of benzene rings is 1. The maximum absolute atomic E-state index is 12.0. The van der Waals surface area contributed by atoms with Gasteiger partial charge in [0.15, 0.2) is 6.10 Å². The Hall–Kier alpha value is -2.45. The molecule has 0 aromatic heterocycles. The van der Waals surface area contributed by atoms with Crippen LogP contribution in [0.4, 0.5) is 0 Å². The first-order chi connectivity index (χ1) is 11.9. The van der Waals surface area contributed by atoms with Gasteiger partial charge in [-0.2, -0.15) is 0 Å². The van der Waals surface area contributed by atoms with Gasteiger partial charge in [-0.05, 0) is 12.1 Å². The van der Waals surface area contributed by atoms with E-state index in [0.29, 0.717) is 5.56 Å². The molecule has 1 unspecified atom stereocenters. The Morgan fingerprint density at radius 3 is 2.20 bits per heavy atom. The van der Waals surface area contributed by atoms with Crippen LogP contribution in [0.5, 0.6) is 0 Å². The number of esters is 3. The summed E-state index contributed by atoms with van der Waals surface area (Å²) in [6.07, 6.45) is -3.60. The summed E-state index contributed by atoms with van der Waals surface area (Å²) in [5.74, 6) is -1.70. The molecule has 8 nitrogen and oxygen atoms in total. The third kappa shape index (κ3) is 5.01. The third-order valence-electron chi connectivity index (χ3n) is 3.51. The van der Waals surface area contributed by atoms with Gasteiger partial charge in [0.1, 0.15) is 18.8 Å². The van der Waals surface area contributed by atoms with E-state index in [2.05, 4.69) is 0 Å². The molecular formula is C17H20O8. The van der Waals surface area contributed by atoms with Gasteiger partial charge in [0.05, 0.1) is 5.56 Å². The molecule has 1 aromatic rings. The minimum Gasteiger partial charge on any atom is -0.459 e. The highest BCUT2D eigenvalue weighted by molar-refractivity contribution is 5.89. The molecule has 8 heteroatoms. The van der Waals surface area contributed by atoms with Crippen molar-refractivity contribution in [2.45, 2.75) is 38.4 Å². The van der Waals surface area contributed by atoms with Crippen molar-refractivity contribution in [1.82, 2.24) is 0 Å². The zero-order valence-electron chi connectivity index (χ0n) is 14.2. The fraction of sp³-hybridized carbons (Fsp3) is 0.471. The summed E-state index contributed by atoms with van der Waals surface area (Å²) >= 11 is 0. The minimum atomic E-state index is -1.13. The number of ether oxygens (including phenoxy) is 5. The monoisotopic (exact) mass is 352 g/mol. The quantitative estimate of drug-likeness (QED) is 0.554. The molecule has 1 aliphatic heterocycles. The minimum absolute atomic E-state index is 0.151. The van der Waals surface area contributed by atoms with Crippen LogP contribution >= 0.6 is 0 Å². The molecule has 1 aromatic carbocycles. The van der Waals surface area contributed by atoms with Crippen molar-refractivity contribution >= 4 is 17.9 Å². The van der Waals surface area contributed by atoms with Crippen LogP contribution in [0, 0.1) is 0 Å². The Labute approximate surface area is 144 Å². The second kappa shape index (κ2) is 8.59. The Morgan fingerprint density at radius 2 is 1.64 bits per heavy atom. The smallest absolute Gasteiger partial charge is 0.338 e. The van der Waals surface area contributed by atoms with Crippen LogP contribution in [-0.4, -0.2) is 56.2 Å². The predicted molar refractivity (Wildman–Crippen MR) is 83.5 cm³/mol. The largest absolute Gasteiger partial charge is 0.459 e. The van der Waals surface area contributed by atoms with E-state index >= 15 is 0 Å². The first kappa shape index (κ1) is 18.9. The predicted octanol–water partition coefficient (Wildman–Crippen LogP) is 1.08. The number of hydrogen-bond donors (Lipinski definition) is 0. The molecule has 1 saturated heterocycles. The summed E-state index contributed by atoms with van der Waals surface area (Å²) in [4.78, 5) is 34.5. The summed E-state index contributed by atoms with van der Waals surface area (Å²) in [5, 5.41) is 0. The highest BCUT2D eigenvalue weighted by Gasteiger charge is 2.49. The third-order valence-corrected chi connectivity index (χ3v) is 3.51. The number of methoxy groups -OCH3 is 1. The van der Waals surface area contributed by atoms with Gasteiger partial charge in [-0.25, -0.2) is 4.79 Å². The van der Waals surface area contributed by atoms with Crippen molar-refractivity contribution in [3.05, 3.63) is 35.9 Å². The molecule has 136 valence electrons. The van der Waals surface area contributed by atoms with Gasteiger partial charge in [0.2, 0.25) is 6.29 Å². The number of rotatable bonds is 6. The van der Waals surface area contributed by atoms with Crippen LogP contribution in [0.3, 0.4) is 0 Å². The Balaban J connectivity index is 2.04. The lowest BCUT2D eigenvalue weighted by molar-refractivity contribution is -0.196. The lowest BCUT2D eigenvalue weighted by Crippen LogP contribution is -2.40. The molecule has 0 saturated carbocycles. The SMILES string of the molecule is CO[C@@H]1[C@@H](COC(=O)c2ccccc2)OC(OC(C)=O)[C@@H]1OC(C)=O. The fourth-order valence-corrected chi connectivity index (χ4v) is 2.50. The summed E-state index contributed by atoms with van der Waals surface area (Å²) in [5.41, 5.74) is 0.391. The van der Waals surface area contributed by atoms with Gasteiger partial charge in [-0.1, -0.05) is 18.2 Å². The molecule has 0 radical (unpaired) electrons. The molecule has 0 amide bonds. The molecule has 1 aliphatic rings. The highest BCUT2D eigenvalue weighted by Crippen LogP contribution is 2.28. The van der Waals surface area contributed by atoms with Crippen molar-refractivity contribution < 1.29 is 38.1 Å². The van der Waals surface area contributed by atoms with E-state index in [9.17, 15) is 14.4 Å². The van der Waals surface area contributed by atoms with Crippen LogP contribution in [0.15, 0.2) is 30.3 Å². The number of hydrogen-bond acceptors (Lipinski definition) is 8. The summed E-state index contributed by atoms with van der Waals surface area (Å²) in [7, 11) is 1.40. The summed E-state index contributed by atoms with van der Waals surface area (Å²) < 4.78 is 26.2. The van der Waals surface area contributed by atoms with Gasteiger partial charge in [-0.3, -0.25) is 9.59 Å². The van der Waals surface area contributed by atoms with Crippen molar-refractivity contribution in [1.29, 1.82) is 0 Å². The van der Waals surface area contributed by atoms with Crippen LogP contribution in [0.25, 0.3) is 0 Å². The van der Waals surface area contributed by atoms with Crippen molar-refractivity contribution in [2.75, 3.05) is 13.7 Å². The molecule has 0 spiro atoms. The van der Waals surface area contributed by atoms with Crippen LogP contribution < -0.4 is 0 Å². The van der Waals surface area contributed by atoms with Gasteiger partial charge in [0.25, 0.3) is 0 Å². The standard InChI is InChI=1S/C17H20O8/c1-10(18)23-15-14(21-3)13(25-17(15)24-11(2)19)9-22-16(20)12-7-5-4-6-8-12/h4-8,13-15,17H,9H2,1-3H3/t13-,14-,15-,17?/m1/s1. The molecule has 1 fully saturated rings. The van der Waals surface area contributed by atoms with Gasteiger partial charge < -0.3 is 23.7 Å². The lowest BCUT2D eigenvalue weighted by atomic mass is 10.1. The highest BCUT2D eigenvalue weighted by atomic mass is 16.7. The maximum Gasteiger partial charge on any atom is 0.338 e. The molecule has 0 aliphatic carbocycles. The van der Waals surface area contributed by atoms with E-state index in [1.807, 2.05) is 0 Å². The molecule has 1 heterocycles. The van der Waals surface area contributed by atoms with E-state index in [-0.39, 0.29) is 6.61 Å². The Bertz CT molecular complexity index is 614. The van der Waals surface area contributed by atoms with Gasteiger partial charge in [0, 0.05) is 21.0 Å². The molecule has 0 bridgehead atoms. The Kier molecular flexibility index (Phi) is 6.49. The maximum atomic E-state index is 12.0. The average molecular weight is 352 g/mol. The Morgan fingerprint density at radius 1 is 1.00 bits per heavy atom. The normalized spacial score (nSPS) is 25.2. The van der Waals surface area contributed by atoms with Crippen LogP contribution in [0.2, 0.25) is 0 Å². The first-order valence-electron chi connectivity index (χ1n) is 7.67. The molecule has 25 heavy (non-hydrogen) atoms. The number of carbonyl (C=O) groups excluding carboxylic acids is 3. The number of carbonyl (C=O) groups is 3. The molecule has 4 atom stereocenters. The zero-order chi connectivity index (χ0) is 18.4. The lowest BCUT2D eigenvalue weighted by Gasteiger charge is -2.21. The van der Waals surface area contributed by atoms with E-state index in [1.165, 1.54) is 21.0 Å². The van der Waals surface area contributed by atoms with Crippen molar-refractivity contribution in [2.24, 2.45) is 0 Å². The summed E-state index contributed by atoms with van der Waals surface area (Å²) in [6.45, 7) is 2.28. The van der Waals surface area contributed by atoms with Crippen LogP contribution in [0.1, 0.15) is 24.2 Å². The molecule has 0 N–H and O–H groups in total. The van der Waals surface area contributed by atoms with Gasteiger partial charge >= 0.3 is 17.9 Å². The molecular weight excluding hydrogens is 332 g/mol. The average Bonchev–Trinajstić information content (AvgIpc) is 2.88. The van der Waals surface area contributed by atoms with E-state index < -0.39 is 42.5 Å². The zero-order valence-corrected chi connectivity index (χ0v) is 14.2. The van der Waals surface area contributed by atoms with Crippen molar-refractivity contribution in [3.8, 4) is 0 Å². The van der Waals surface area contributed by atoms with E-state index in [4.69, 9.17) is 23.7 Å².